The van der Waals surface area contributed by atoms with E-state index in [1.807, 2.05) is 0 Å². The van der Waals surface area contributed by atoms with Crippen LogP contribution in [-0.2, 0) is 9.53 Å². The fraction of sp³-hybridized carbons (Fsp3) is 0.923. The van der Waals surface area contributed by atoms with Crippen molar-refractivity contribution in [2.75, 3.05) is 13.2 Å². The molecule has 2 atom stereocenters. The van der Waals surface area contributed by atoms with Crippen LogP contribution in [0.4, 0.5) is 0 Å². The molecule has 1 fully saturated rings. The summed E-state index contributed by atoms with van der Waals surface area (Å²) in [6.07, 6.45) is 7.06. The molecule has 17 heavy (non-hydrogen) atoms. The van der Waals surface area contributed by atoms with Crippen molar-refractivity contribution in [1.82, 2.24) is 5.32 Å². The molecule has 0 spiro atoms. The summed E-state index contributed by atoms with van der Waals surface area (Å²) < 4.78 is 5.59. The summed E-state index contributed by atoms with van der Waals surface area (Å²) >= 11 is 0. The summed E-state index contributed by atoms with van der Waals surface area (Å²) in [5.41, 5.74) is 5.78. The molecule has 1 saturated heterocycles. The number of hydrogen-bond donors (Lipinski definition) is 2. The zero-order valence-corrected chi connectivity index (χ0v) is 10.9. The van der Waals surface area contributed by atoms with Gasteiger partial charge in [-0.1, -0.05) is 6.92 Å². The highest BCUT2D eigenvalue weighted by Crippen LogP contribution is 2.16. The van der Waals surface area contributed by atoms with E-state index in [-0.39, 0.29) is 11.9 Å². The quantitative estimate of drug-likeness (QED) is 0.712. The Morgan fingerprint density at radius 2 is 2.35 bits per heavy atom. The molecular formula is C13H26N2O2. The van der Waals surface area contributed by atoms with Crippen molar-refractivity contribution in [2.45, 2.75) is 64.0 Å². The summed E-state index contributed by atoms with van der Waals surface area (Å²) in [5.74, 6) is 0.127. The van der Waals surface area contributed by atoms with Crippen molar-refractivity contribution in [2.24, 2.45) is 5.73 Å². The lowest BCUT2D eigenvalue weighted by Gasteiger charge is -2.22. The summed E-state index contributed by atoms with van der Waals surface area (Å²) in [4.78, 5) is 11.5. The monoisotopic (exact) mass is 242 g/mol. The van der Waals surface area contributed by atoms with Crippen molar-refractivity contribution >= 4 is 5.91 Å². The van der Waals surface area contributed by atoms with Crippen molar-refractivity contribution in [3.05, 3.63) is 0 Å². The van der Waals surface area contributed by atoms with Crippen molar-refractivity contribution in [3.8, 4) is 0 Å². The molecule has 0 aliphatic carbocycles. The molecule has 2 unspecified atom stereocenters. The van der Waals surface area contributed by atoms with Gasteiger partial charge in [-0.25, -0.2) is 0 Å². The summed E-state index contributed by atoms with van der Waals surface area (Å²) in [6, 6.07) is 0.206. The summed E-state index contributed by atoms with van der Waals surface area (Å²) in [5, 5.41) is 2.91. The maximum atomic E-state index is 11.5. The van der Waals surface area contributed by atoms with Crippen LogP contribution in [0.2, 0.25) is 0 Å². The molecule has 0 aromatic carbocycles. The van der Waals surface area contributed by atoms with Crippen LogP contribution in [0.15, 0.2) is 0 Å². The standard InChI is InChI=1S/C13H26N2O2/c1-2-11(14)8-9-15-13(16)7-6-12-5-3-4-10-17-12/h11-12H,2-10,14H2,1H3,(H,15,16). The Morgan fingerprint density at radius 3 is 3.00 bits per heavy atom. The van der Waals surface area contributed by atoms with Gasteiger partial charge in [-0.15, -0.1) is 0 Å². The first-order valence-electron chi connectivity index (χ1n) is 6.86. The largest absolute Gasteiger partial charge is 0.378 e. The first-order valence-corrected chi connectivity index (χ1v) is 6.86. The van der Waals surface area contributed by atoms with Crippen LogP contribution in [0.5, 0.6) is 0 Å². The molecular weight excluding hydrogens is 216 g/mol. The first kappa shape index (κ1) is 14.5. The van der Waals surface area contributed by atoms with Crippen molar-refractivity contribution < 1.29 is 9.53 Å². The van der Waals surface area contributed by atoms with E-state index in [1.165, 1.54) is 6.42 Å². The minimum Gasteiger partial charge on any atom is -0.378 e. The molecule has 4 heteroatoms. The fourth-order valence-corrected chi connectivity index (χ4v) is 2.02. The van der Waals surface area contributed by atoms with E-state index in [4.69, 9.17) is 10.5 Å². The Labute approximate surface area is 104 Å². The molecule has 100 valence electrons. The third-order valence-electron chi connectivity index (χ3n) is 3.33. The molecule has 3 N–H and O–H groups in total. The average molecular weight is 242 g/mol. The van der Waals surface area contributed by atoms with Gasteiger partial charge in [0.05, 0.1) is 6.10 Å². The van der Waals surface area contributed by atoms with Gasteiger partial charge in [0, 0.05) is 25.6 Å². The highest BCUT2D eigenvalue weighted by atomic mass is 16.5. The molecule has 1 heterocycles. The maximum Gasteiger partial charge on any atom is 0.220 e. The van der Waals surface area contributed by atoms with E-state index >= 15 is 0 Å². The minimum absolute atomic E-state index is 0.127. The van der Waals surface area contributed by atoms with E-state index in [9.17, 15) is 4.79 Å². The third-order valence-corrected chi connectivity index (χ3v) is 3.33. The minimum atomic E-state index is 0.127. The number of ether oxygens (including phenoxy) is 1. The van der Waals surface area contributed by atoms with Gasteiger partial charge in [0.1, 0.15) is 0 Å². The predicted octanol–water partition coefficient (Wildman–Crippen LogP) is 1.58. The molecule has 4 nitrogen and oxygen atoms in total. The lowest BCUT2D eigenvalue weighted by molar-refractivity contribution is -0.122. The SMILES string of the molecule is CCC(N)CCNC(=O)CCC1CCCCO1. The molecule has 1 amide bonds. The van der Waals surface area contributed by atoms with Crippen LogP contribution in [0.1, 0.15) is 51.9 Å². The molecule has 1 aliphatic heterocycles. The van der Waals surface area contributed by atoms with E-state index < -0.39 is 0 Å². The zero-order valence-electron chi connectivity index (χ0n) is 10.9. The van der Waals surface area contributed by atoms with Crippen molar-refractivity contribution in [1.29, 1.82) is 0 Å². The molecule has 0 bridgehead atoms. The Balaban J connectivity index is 2.00. The number of nitrogens with two attached hydrogens (primary N) is 1. The highest BCUT2D eigenvalue weighted by molar-refractivity contribution is 5.75. The van der Waals surface area contributed by atoms with E-state index in [1.54, 1.807) is 0 Å². The number of rotatable bonds is 7. The van der Waals surface area contributed by atoms with Gasteiger partial charge in [-0.05, 0) is 38.5 Å². The Hall–Kier alpha value is -0.610. The lowest BCUT2D eigenvalue weighted by atomic mass is 10.0. The van der Waals surface area contributed by atoms with Gasteiger partial charge in [0.2, 0.25) is 5.91 Å². The summed E-state index contributed by atoms with van der Waals surface area (Å²) in [6.45, 7) is 3.61. The molecule has 0 aromatic heterocycles. The van der Waals surface area contributed by atoms with Gasteiger partial charge in [-0.2, -0.15) is 0 Å². The molecule has 1 aliphatic rings. The third kappa shape index (κ3) is 6.64. The topological polar surface area (TPSA) is 64.3 Å². The summed E-state index contributed by atoms with van der Waals surface area (Å²) in [7, 11) is 0. The number of carbonyl (C=O) groups is 1. The number of nitrogens with one attached hydrogen (secondary N) is 1. The maximum absolute atomic E-state index is 11.5. The van der Waals surface area contributed by atoms with Crippen LogP contribution < -0.4 is 11.1 Å². The Morgan fingerprint density at radius 1 is 1.53 bits per heavy atom. The molecule has 1 rings (SSSR count). The lowest BCUT2D eigenvalue weighted by Crippen LogP contribution is -2.31. The van der Waals surface area contributed by atoms with Gasteiger partial charge in [0.25, 0.3) is 0 Å². The molecule has 0 radical (unpaired) electrons. The number of amides is 1. The van der Waals surface area contributed by atoms with E-state index in [0.29, 0.717) is 19.1 Å². The Kier molecular flexibility index (Phi) is 7.21. The average Bonchev–Trinajstić information content (AvgIpc) is 2.37. The van der Waals surface area contributed by atoms with Crippen LogP contribution >= 0.6 is 0 Å². The molecule has 0 saturated carbocycles. The van der Waals surface area contributed by atoms with E-state index in [2.05, 4.69) is 12.2 Å². The first-order chi connectivity index (χ1) is 8.22. The second-order valence-corrected chi connectivity index (χ2v) is 4.83. The molecule has 0 aromatic rings. The van der Waals surface area contributed by atoms with Crippen LogP contribution in [-0.4, -0.2) is 31.2 Å². The van der Waals surface area contributed by atoms with Gasteiger partial charge < -0.3 is 15.8 Å². The fourth-order valence-electron chi connectivity index (χ4n) is 2.02. The smallest absolute Gasteiger partial charge is 0.220 e. The Bertz CT molecular complexity index is 215. The second kappa shape index (κ2) is 8.48. The zero-order chi connectivity index (χ0) is 12.5. The number of hydrogen-bond acceptors (Lipinski definition) is 3. The normalized spacial score (nSPS) is 22.1. The van der Waals surface area contributed by atoms with Gasteiger partial charge in [-0.3, -0.25) is 4.79 Å². The second-order valence-electron chi connectivity index (χ2n) is 4.83. The van der Waals surface area contributed by atoms with Crippen LogP contribution in [0, 0.1) is 0 Å². The van der Waals surface area contributed by atoms with E-state index in [0.717, 1.165) is 38.7 Å². The predicted molar refractivity (Wildman–Crippen MR) is 68.7 cm³/mol. The van der Waals surface area contributed by atoms with Gasteiger partial charge >= 0.3 is 0 Å². The van der Waals surface area contributed by atoms with Crippen molar-refractivity contribution in [3.63, 3.8) is 0 Å². The van der Waals surface area contributed by atoms with Crippen LogP contribution in [0.3, 0.4) is 0 Å². The highest BCUT2D eigenvalue weighted by Gasteiger charge is 2.15. The number of carbonyl (C=O) groups excluding carboxylic acids is 1. The van der Waals surface area contributed by atoms with Crippen LogP contribution in [0.25, 0.3) is 0 Å². The van der Waals surface area contributed by atoms with Gasteiger partial charge in [0.15, 0.2) is 0 Å².